The summed E-state index contributed by atoms with van der Waals surface area (Å²) in [5, 5.41) is 1.02. The SMILES string of the molecule is CCOC(C)(C)CC(C)(C)CBr. The summed E-state index contributed by atoms with van der Waals surface area (Å²) < 4.78 is 5.65. The molecule has 0 atom stereocenters. The van der Waals surface area contributed by atoms with Crippen molar-refractivity contribution >= 4 is 15.9 Å². The average molecular weight is 237 g/mol. The van der Waals surface area contributed by atoms with Crippen molar-refractivity contribution in [2.75, 3.05) is 11.9 Å². The van der Waals surface area contributed by atoms with Gasteiger partial charge in [0.25, 0.3) is 0 Å². The van der Waals surface area contributed by atoms with Crippen LogP contribution >= 0.6 is 15.9 Å². The number of hydrogen-bond acceptors (Lipinski definition) is 1. The Hall–Kier alpha value is 0.440. The highest BCUT2D eigenvalue weighted by Gasteiger charge is 2.28. The predicted molar refractivity (Wildman–Crippen MR) is 57.9 cm³/mol. The molecule has 0 aliphatic carbocycles. The van der Waals surface area contributed by atoms with Gasteiger partial charge < -0.3 is 4.74 Å². The molecule has 0 saturated carbocycles. The fourth-order valence-electron chi connectivity index (χ4n) is 1.64. The monoisotopic (exact) mass is 236 g/mol. The van der Waals surface area contributed by atoms with Gasteiger partial charge in [-0.1, -0.05) is 29.8 Å². The molecule has 0 rings (SSSR count). The summed E-state index contributed by atoms with van der Waals surface area (Å²) in [6, 6.07) is 0. The van der Waals surface area contributed by atoms with Gasteiger partial charge in [-0.05, 0) is 32.6 Å². The van der Waals surface area contributed by atoms with E-state index in [0.29, 0.717) is 5.41 Å². The number of halogens is 1. The van der Waals surface area contributed by atoms with Gasteiger partial charge in [0.05, 0.1) is 5.60 Å². The lowest BCUT2D eigenvalue weighted by Crippen LogP contribution is -2.32. The van der Waals surface area contributed by atoms with Crippen LogP contribution in [0.25, 0.3) is 0 Å². The lowest BCUT2D eigenvalue weighted by atomic mass is 9.83. The number of hydrogen-bond donors (Lipinski definition) is 0. The van der Waals surface area contributed by atoms with Crippen LogP contribution in [0, 0.1) is 5.41 Å². The molecule has 0 spiro atoms. The van der Waals surface area contributed by atoms with Crippen LogP contribution in [0.3, 0.4) is 0 Å². The summed E-state index contributed by atoms with van der Waals surface area (Å²) in [6.45, 7) is 11.7. The molecule has 1 nitrogen and oxygen atoms in total. The minimum Gasteiger partial charge on any atom is -0.376 e. The topological polar surface area (TPSA) is 9.23 Å². The fourth-order valence-corrected chi connectivity index (χ4v) is 1.84. The Balaban J connectivity index is 4.04. The van der Waals surface area contributed by atoms with Crippen molar-refractivity contribution in [1.29, 1.82) is 0 Å². The summed E-state index contributed by atoms with van der Waals surface area (Å²) in [5.41, 5.74) is 0.324. The molecule has 0 aromatic rings. The lowest BCUT2D eigenvalue weighted by molar-refractivity contribution is -0.0359. The maximum atomic E-state index is 5.65. The molecule has 12 heavy (non-hydrogen) atoms. The molecule has 0 radical (unpaired) electrons. The normalized spacial score (nSPS) is 13.5. The smallest absolute Gasteiger partial charge is 0.0631 e. The minimum absolute atomic E-state index is 0.00597. The third-order valence-electron chi connectivity index (χ3n) is 1.80. The Morgan fingerprint density at radius 1 is 1.17 bits per heavy atom. The van der Waals surface area contributed by atoms with Gasteiger partial charge in [-0.2, -0.15) is 0 Å². The fraction of sp³-hybridized carbons (Fsp3) is 1.00. The highest BCUT2D eigenvalue weighted by atomic mass is 79.9. The Bertz CT molecular complexity index is 130. The molecular weight excluding hydrogens is 216 g/mol. The summed E-state index contributed by atoms with van der Waals surface area (Å²) in [5.74, 6) is 0. The molecule has 0 aliphatic rings. The van der Waals surface area contributed by atoms with Crippen LogP contribution in [0.2, 0.25) is 0 Å². The van der Waals surface area contributed by atoms with Crippen LogP contribution in [-0.4, -0.2) is 17.5 Å². The van der Waals surface area contributed by atoms with E-state index in [1.165, 1.54) is 0 Å². The Labute approximate surface area is 85.0 Å². The zero-order valence-corrected chi connectivity index (χ0v) is 10.5. The molecule has 0 heterocycles. The van der Waals surface area contributed by atoms with E-state index in [0.717, 1.165) is 18.4 Å². The van der Waals surface area contributed by atoms with Crippen molar-refractivity contribution in [2.45, 2.75) is 46.6 Å². The molecule has 0 N–H and O–H groups in total. The molecule has 2 heteroatoms. The first-order valence-corrected chi connectivity index (χ1v) is 5.65. The van der Waals surface area contributed by atoms with Gasteiger partial charge in [-0.15, -0.1) is 0 Å². The van der Waals surface area contributed by atoms with Crippen molar-refractivity contribution in [1.82, 2.24) is 0 Å². The number of ether oxygens (including phenoxy) is 1. The predicted octanol–water partition coefficient (Wildman–Crippen LogP) is 3.61. The Morgan fingerprint density at radius 3 is 2.00 bits per heavy atom. The number of alkyl halides is 1. The van der Waals surface area contributed by atoms with Gasteiger partial charge >= 0.3 is 0 Å². The molecule has 0 saturated heterocycles. The Kier molecular flexibility index (Phi) is 4.78. The van der Waals surface area contributed by atoms with Crippen LogP contribution < -0.4 is 0 Å². The standard InChI is InChI=1S/C10H21BrO/c1-6-12-10(4,5)7-9(2,3)8-11/h6-8H2,1-5H3. The highest BCUT2D eigenvalue weighted by molar-refractivity contribution is 9.09. The van der Waals surface area contributed by atoms with E-state index < -0.39 is 0 Å². The van der Waals surface area contributed by atoms with Crippen LogP contribution in [0.5, 0.6) is 0 Å². The number of rotatable bonds is 5. The largest absolute Gasteiger partial charge is 0.376 e. The van der Waals surface area contributed by atoms with Gasteiger partial charge in [0, 0.05) is 11.9 Å². The molecular formula is C10H21BrO. The van der Waals surface area contributed by atoms with E-state index >= 15 is 0 Å². The van der Waals surface area contributed by atoms with E-state index in [1.54, 1.807) is 0 Å². The first-order valence-electron chi connectivity index (χ1n) is 4.53. The summed E-state index contributed by atoms with van der Waals surface area (Å²) in [4.78, 5) is 0. The maximum Gasteiger partial charge on any atom is 0.0631 e. The second-order valence-corrected chi connectivity index (χ2v) is 5.23. The highest BCUT2D eigenvalue weighted by Crippen LogP contribution is 2.31. The van der Waals surface area contributed by atoms with Gasteiger partial charge in [-0.3, -0.25) is 0 Å². The summed E-state index contributed by atoms with van der Waals surface area (Å²) in [7, 11) is 0. The first kappa shape index (κ1) is 12.4. The second-order valence-electron chi connectivity index (χ2n) is 4.67. The van der Waals surface area contributed by atoms with Crippen LogP contribution in [0.15, 0.2) is 0 Å². The van der Waals surface area contributed by atoms with Gasteiger partial charge in [-0.25, -0.2) is 0 Å². The summed E-state index contributed by atoms with van der Waals surface area (Å²) in [6.07, 6.45) is 1.08. The maximum absolute atomic E-state index is 5.65. The molecule has 0 unspecified atom stereocenters. The molecule has 0 fully saturated rings. The van der Waals surface area contributed by atoms with Crippen LogP contribution in [0.1, 0.15) is 41.0 Å². The Morgan fingerprint density at radius 2 is 1.67 bits per heavy atom. The van der Waals surface area contributed by atoms with E-state index in [9.17, 15) is 0 Å². The quantitative estimate of drug-likeness (QED) is 0.663. The van der Waals surface area contributed by atoms with E-state index in [1.807, 2.05) is 6.92 Å². The summed E-state index contributed by atoms with van der Waals surface area (Å²) >= 11 is 3.52. The molecule has 0 aliphatic heterocycles. The molecule has 0 amide bonds. The third kappa shape index (κ3) is 5.15. The van der Waals surface area contributed by atoms with Crippen molar-refractivity contribution in [2.24, 2.45) is 5.41 Å². The van der Waals surface area contributed by atoms with Gasteiger partial charge in [0.2, 0.25) is 0 Å². The van der Waals surface area contributed by atoms with Crippen molar-refractivity contribution in [3.8, 4) is 0 Å². The van der Waals surface area contributed by atoms with E-state index in [4.69, 9.17) is 4.74 Å². The molecule has 74 valence electrons. The van der Waals surface area contributed by atoms with Crippen LogP contribution in [0.4, 0.5) is 0 Å². The van der Waals surface area contributed by atoms with Crippen molar-refractivity contribution < 1.29 is 4.74 Å². The lowest BCUT2D eigenvalue weighted by Gasteiger charge is -2.33. The van der Waals surface area contributed by atoms with E-state index in [2.05, 4.69) is 43.6 Å². The second kappa shape index (κ2) is 4.61. The zero-order valence-electron chi connectivity index (χ0n) is 8.91. The average Bonchev–Trinajstić information content (AvgIpc) is 1.85. The van der Waals surface area contributed by atoms with Crippen molar-refractivity contribution in [3.63, 3.8) is 0 Å². The zero-order chi connectivity index (χ0) is 9.83. The van der Waals surface area contributed by atoms with Gasteiger partial charge in [0.1, 0.15) is 0 Å². The minimum atomic E-state index is 0.00597. The third-order valence-corrected chi connectivity index (χ3v) is 3.32. The molecule has 0 aromatic carbocycles. The van der Waals surface area contributed by atoms with E-state index in [-0.39, 0.29) is 5.60 Å². The van der Waals surface area contributed by atoms with Crippen molar-refractivity contribution in [3.05, 3.63) is 0 Å². The molecule has 0 aromatic heterocycles. The first-order chi connectivity index (χ1) is 5.33. The van der Waals surface area contributed by atoms with Gasteiger partial charge in [0.15, 0.2) is 0 Å². The molecule has 0 bridgehead atoms. The van der Waals surface area contributed by atoms with Crippen LogP contribution in [-0.2, 0) is 4.74 Å².